The van der Waals surface area contributed by atoms with Crippen LogP contribution in [0.3, 0.4) is 0 Å². The summed E-state index contributed by atoms with van der Waals surface area (Å²) in [6, 6.07) is 4.59. The van der Waals surface area contributed by atoms with Crippen molar-refractivity contribution in [2.45, 2.75) is 13.0 Å². The van der Waals surface area contributed by atoms with Gasteiger partial charge in [-0.25, -0.2) is 4.39 Å². The summed E-state index contributed by atoms with van der Waals surface area (Å²) in [6.45, 7) is 3.75. The van der Waals surface area contributed by atoms with Crippen LogP contribution in [-0.2, 0) is 0 Å². The Morgan fingerprint density at radius 2 is 2.12 bits per heavy atom. The molecule has 17 heavy (non-hydrogen) atoms. The van der Waals surface area contributed by atoms with E-state index in [9.17, 15) is 9.18 Å². The van der Waals surface area contributed by atoms with E-state index >= 15 is 0 Å². The van der Waals surface area contributed by atoms with Gasteiger partial charge in [-0.15, -0.1) is 0 Å². The Bertz CT molecular complexity index is 464. The highest BCUT2D eigenvalue weighted by Crippen LogP contribution is 2.41. The van der Waals surface area contributed by atoms with Crippen LogP contribution < -0.4 is 10.6 Å². The fraction of sp³-hybridized carbons (Fsp3) is 0.462. The summed E-state index contributed by atoms with van der Waals surface area (Å²) in [5.74, 6) is 0.813. The van der Waals surface area contributed by atoms with Crippen LogP contribution in [0, 0.1) is 24.6 Å². The molecule has 4 heteroatoms. The van der Waals surface area contributed by atoms with Gasteiger partial charge in [0, 0.05) is 24.7 Å². The average Bonchev–Trinajstić information content (AvgIpc) is 2.74. The first kappa shape index (κ1) is 10.7. The van der Waals surface area contributed by atoms with E-state index in [0.717, 1.165) is 13.1 Å². The van der Waals surface area contributed by atoms with Crippen molar-refractivity contribution in [2.75, 3.05) is 13.1 Å². The molecule has 0 aromatic heterocycles. The van der Waals surface area contributed by atoms with E-state index in [1.54, 1.807) is 13.0 Å². The molecule has 2 aliphatic rings. The van der Waals surface area contributed by atoms with Crippen molar-refractivity contribution in [3.8, 4) is 0 Å². The van der Waals surface area contributed by atoms with Crippen molar-refractivity contribution < 1.29 is 9.18 Å². The largest absolute Gasteiger partial charge is 0.349 e. The lowest BCUT2D eigenvalue weighted by molar-refractivity contribution is 0.0946. The maximum atomic E-state index is 12.9. The second-order valence-electron chi connectivity index (χ2n) is 4.94. The average molecular weight is 234 g/mol. The van der Waals surface area contributed by atoms with E-state index in [2.05, 4.69) is 10.6 Å². The lowest BCUT2D eigenvalue weighted by Gasteiger charge is -2.09. The summed E-state index contributed by atoms with van der Waals surface area (Å²) < 4.78 is 12.9. The van der Waals surface area contributed by atoms with Gasteiger partial charge < -0.3 is 10.6 Å². The molecule has 2 unspecified atom stereocenters. The lowest BCUT2D eigenvalue weighted by atomic mass is 10.1. The number of amides is 1. The van der Waals surface area contributed by atoms with Crippen molar-refractivity contribution in [1.29, 1.82) is 0 Å². The van der Waals surface area contributed by atoms with Crippen LogP contribution >= 0.6 is 0 Å². The van der Waals surface area contributed by atoms with E-state index in [4.69, 9.17) is 0 Å². The lowest BCUT2D eigenvalue weighted by Crippen LogP contribution is -2.32. The molecule has 2 fully saturated rings. The second kappa shape index (κ2) is 3.81. The number of carbonyl (C=O) groups excluding carboxylic acids is 1. The van der Waals surface area contributed by atoms with Gasteiger partial charge in [-0.3, -0.25) is 4.79 Å². The van der Waals surface area contributed by atoms with Gasteiger partial charge in [0.2, 0.25) is 0 Å². The summed E-state index contributed by atoms with van der Waals surface area (Å²) in [7, 11) is 0. The Hall–Kier alpha value is -1.42. The highest BCUT2D eigenvalue weighted by molar-refractivity contribution is 5.96. The predicted octanol–water partition coefficient (Wildman–Crippen LogP) is 1.08. The standard InChI is InChI=1S/C13H15FN2O/c1-7-4-8(14)2-3-9(7)13(17)16-12-10-5-15-6-11(10)12/h2-4,10-12,15H,5-6H2,1H3,(H,16,17). The molecule has 1 amide bonds. The first-order chi connectivity index (χ1) is 8.16. The van der Waals surface area contributed by atoms with Crippen LogP contribution in [0.15, 0.2) is 18.2 Å². The third-order valence-electron chi connectivity index (χ3n) is 3.82. The number of benzene rings is 1. The zero-order valence-electron chi connectivity index (χ0n) is 9.66. The summed E-state index contributed by atoms with van der Waals surface area (Å²) in [5, 5.41) is 6.31. The van der Waals surface area contributed by atoms with Crippen molar-refractivity contribution in [2.24, 2.45) is 11.8 Å². The molecule has 1 aliphatic carbocycles. The first-order valence-electron chi connectivity index (χ1n) is 5.94. The number of aryl methyl sites for hydroxylation is 1. The molecule has 2 atom stereocenters. The predicted molar refractivity (Wildman–Crippen MR) is 62.2 cm³/mol. The van der Waals surface area contributed by atoms with Gasteiger partial charge >= 0.3 is 0 Å². The highest BCUT2D eigenvalue weighted by Gasteiger charge is 2.53. The van der Waals surface area contributed by atoms with Crippen LogP contribution in [0.4, 0.5) is 4.39 Å². The number of piperidine rings is 1. The van der Waals surface area contributed by atoms with E-state index < -0.39 is 0 Å². The molecule has 90 valence electrons. The Morgan fingerprint density at radius 3 is 2.76 bits per heavy atom. The van der Waals surface area contributed by atoms with Gasteiger partial charge in [0.05, 0.1) is 0 Å². The number of carbonyl (C=O) groups is 1. The van der Waals surface area contributed by atoms with Gasteiger partial charge in [0.1, 0.15) is 5.82 Å². The minimum Gasteiger partial charge on any atom is -0.349 e. The molecule has 1 aliphatic heterocycles. The van der Waals surface area contributed by atoms with E-state index in [-0.39, 0.29) is 11.7 Å². The van der Waals surface area contributed by atoms with Gasteiger partial charge in [-0.1, -0.05) is 0 Å². The third kappa shape index (κ3) is 1.82. The van der Waals surface area contributed by atoms with E-state index in [1.807, 2.05) is 0 Å². The monoisotopic (exact) mass is 234 g/mol. The topological polar surface area (TPSA) is 41.1 Å². The highest BCUT2D eigenvalue weighted by atomic mass is 19.1. The summed E-state index contributed by atoms with van der Waals surface area (Å²) in [5.41, 5.74) is 1.26. The molecule has 0 radical (unpaired) electrons. The SMILES string of the molecule is Cc1cc(F)ccc1C(=O)NC1C2CNCC21. The molecule has 0 bridgehead atoms. The molecule has 1 saturated heterocycles. The molecule has 2 N–H and O–H groups in total. The Labute approximate surface area is 99.4 Å². The van der Waals surface area contributed by atoms with Crippen molar-refractivity contribution >= 4 is 5.91 Å². The van der Waals surface area contributed by atoms with Gasteiger partial charge in [-0.2, -0.15) is 0 Å². The van der Waals surface area contributed by atoms with Crippen LogP contribution in [-0.4, -0.2) is 25.0 Å². The van der Waals surface area contributed by atoms with Crippen LogP contribution in [0.2, 0.25) is 0 Å². The normalized spacial score (nSPS) is 29.9. The van der Waals surface area contributed by atoms with Crippen LogP contribution in [0.1, 0.15) is 15.9 Å². The molecule has 1 aromatic rings. The number of fused-ring (bicyclic) bond motifs is 1. The van der Waals surface area contributed by atoms with E-state index in [1.165, 1.54) is 12.1 Å². The smallest absolute Gasteiger partial charge is 0.251 e. The Morgan fingerprint density at radius 1 is 1.41 bits per heavy atom. The Balaban J connectivity index is 1.70. The molecule has 1 heterocycles. The number of halogens is 1. The number of hydrogen-bond donors (Lipinski definition) is 2. The maximum absolute atomic E-state index is 12.9. The van der Waals surface area contributed by atoms with Gasteiger partial charge in [0.15, 0.2) is 0 Å². The van der Waals surface area contributed by atoms with Gasteiger partial charge in [0.25, 0.3) is 5.91 Å². The summed E-state index contributed by atoms with van der Waals surface area (Å²) >= 11 is 0. The van der Waals surface area contributed by atoms with Crippen molar-refractivity contribution in [1.82, 2.24) is 10.6 Å². The quantitative estimate of drug-likeness (QED) is 0.804. The summed E-state index contributed by atoms with van der Waals surface area (Å²) in [6.07, 6.45) is 0. The fourth-order valence-electron chi connectivity index (χ4n) is 2.74. The zero-order valence-corrected chi connectivity index (χ0v) is 9.66. The van der Waals surface area contributed by atoms with Crippen LogP contribution in [0.25, 0.3) is 0 Å². The minimum atomic E-state index is -0.299. The molecule has 3 rings (SSSR count). The number of nitrogens with one attached hydrogen (secondary N) is 2. The first-order valence-corrected chi connectivity index (χ1v) is 5.94. The molecular weight excluding hydrogens is 219 g/mol. The third-order valence-corrected chi connectivity index (χ3v) is 3.82. The van der Waals surface area contributed by atoms with Crippen molar-refractivity contribution in [3.63, 3.8) is 0 Å². The molecule has 0 spiro atoms. The molecule has 1 aromatic carbocycles. The van der Waals surface area contributed by atoms with Crippen molar-refractivity contribution in [3.05, 3.63) is 35.1 Å². The fourth-order valence-corrected chi connectivity index (χ4v) is 2.74. The molecule has 3 nitrogen and oxygen atoms in total. The van der Waals surface area contributed by atoms with E-state index in [0.29, 0.717) is 29.0 Å². The van der Waals surface area contributed by atoms with Crippen LogP contribution in [0.5, 0.6) is 0 Å². The number of hydrogen-bond acceptors (Lipinski definition) is 2. The second-order valence-corrected chi connectivity index (χ2v) is 4.94. The van der Waals surface area contributed by atoms with Gasteiger partial charge in [-0.05, 0) is 42.5 Å². The Kier molecular flexibility index (Phi) is 2.40. The maximum Gasteiger partial charge on any atom is 0.251 e. The summed E-state index contributed by atoms with van der Waals surface area (Å²) in [4.78, 5) is 12.0. The zero-order chi connectivity index (χ0) is 12.0. The number of rotatable bonds is 2. The molecular formula is C13H15FN2O. The minimum absolute atomic E-state index is 0.0816. The molecule has 1 saturated carbocycles.